The first-order chi connectivity index (χ1) is 9.60. The first-order valence-electron chi connectivity index (χ1n) is 6.91. The van der Waals surface area contributed by atoms with Crippen molar-refractivity contribution in [3.8, 4) is 5.75 Å². The van der Waals surface area contributed by atoms with E-state index in [0.29, 0.717) is 27.3 Å². The SMILES string of the molecule is COc1cc(Cl)c(Cl)cc1C(=O)NCC1CCC2CC12. The summed E-state index contributed by atoms with van der Waals surface area (Å²) in [6, 6.07) is 3.14. The number of ether oxygens (including phenoxy) is 1. The van der Waals surface area contributed by atoms with Gasteiger partial charge in [0, 0.05) is 12.6 Å². The smallest absolute Gasteiger partial charge is 0.255 e. The second-order valence-electron chi connectivity index (χ2n) is 5.67. The van der Waals surface area contributed by atoms with Gasteiger partial charge in [0.15, 0.2) is 0 Å². The topological polar surface area (TPSA) is 38.3 Å². The number of carbonyl (C=O) groups excluding carboxylic acids is 1. The van der Waals surface area contributed by atoms with Gasteiger partial charge in [0.25, 0.3) is 5.91 Å². The van der Waals surface area contributed by atoms with Crippen LogP contribution in [0.1, 0.15) is 29.6 Å². The zero-order chi connectivity index (χ0) is 14.3. The Kier molecular flexibility index (Phi) is 3.83. The Bertz CT molecular complexity index is 547. The molecule has 0 aliphatic heterocycles. The van der Waals surface area contributed by atoms with Crippen molar-refractivity contribution in [2.45, 2.75) is 19.3 Å². The molecule has 0 aromatic heterocycles. The number of nitrogens with one attached hydrogen (secondary N) is 1. The van der Waals surface area contributed by atoms with Crippen LogP contribution >= 0.6 is 23.2 Å². The van der Waals surface area contributed by atoms with Crippen molar-refractivity contribution >= 4 is 29.1 Å². The molecule has 0 heterocycles. The third-order valence-electron chi connectivity index (χ3n) is 4.50. The molecule has 0 bridgehead atoms. The minimum atomic E-state index is -0.149. The Labute approximate surface area is 128 Å². The molecule has 2 aliphatic rings. The monoisotopic (exact) mass is 313 g/mol. The van der Waals surface area contributed by atoms with Crippen LogP contribution in [0.5, 0.6) is 5.75 Å². The molecular formula is C15H17Cl2NO2. The van der Waals surface area contributed by atoms with Gasteiger partial charge in [-0.05, 0) is 43.1 Å². The van der Waals surface area contributed by atoms with Gasteiger partial charge >= 0.3 is 0 Å². The molecule has 3 nitrogen and oxygen atoms in total. The Hall–Kier alpha value is -0.930. The average molecular weight is 314 g/mol. The summed E-state index contributed by atoms with van der Waals surface area (Å²) < 4.78 is 5.20. The molecule has 0 saturated heterocycles. The van der Waals surface area contributed by atoms with E-state index in [9.17, 15) is 4.79 Å². The molecule has 1 N–H and O–H groups in total. The molecule has 1 amide bonds. The Morgan fingerprint density at radius 1 is 1.35 bits per heavy atom. The standard InChI is InChI=1S/C15H17Cl2NO2/c1-20-14-6-13(17)12(16)5-11(14)15(19)18-7-9-3-2-8-4-10(8)9/h5-6,8-10H,2-4,7H2,1H3,(H,18,19). The Morgan fingerprint density at radius 3 is 2.70 bits per heavy atom. The molecule has 0 radical (unpaired) electrons. The molecule has 0 spiro atoms. The van der Waals surface area contributed by atoms with Crippen LogP contribution in [0.15, 0.2) is 12.1 Å². The van der Waals surface area contributed by atoms with Gasteiger partial charge in [-0.25, -0.2) is 0 Å². The van der Waals surface area contributed by atoms with Crippen molar-refractivity contribution in [1.29, 1.82) is 0 Å². The van der Waals surface area contributed by atoms with Crippen molar-refractivity contribution in [2.75, 3.05) is 13.7 Å². The number of fused-ring (bicyclic) bond motifs is 1. The lowest BCUT2D eigenvalue weighted by Crippen LogP contribution is -2.29. The largest absolute Gasteiger partial charge is 0.496 e. The lowest BCUT2D eigenvalue weighted by molar-refractivity contribution is 0.0943. The minimum absolute atomic E-state index is 0.149. The second kappa shape index (κ2) is 5.45. The van der Waals surface area contributed by atoms with Gasteiger partial charge in [0.05, 0.1) is 22.7 Å². The van der Waals surface area contributed by atoms with Crippen molar-refractivity contribution < 1.29 is 9.53 Å². The minimum Gasteiger partial charge on any atom is -0.496 e. The first kappa shape index (κ1) is 14.0. The van der Waals surface area contributed by atoms with Crippen LogP contribution in [0.4, 0.5) is 0 Å². The Balaban J connectivity index is 1.68. The van der Waals surface area contributed by atoms with E-state index in [-0.39, 0.29) is 5.91 Å². The molecule has 5 heteroatoms. The molecule has 2 saturated carbocycles. The summed E-state index contributed by atoms with van der Waals surface area (Å²) in [5, 5.41) is 3.75. The summed E-state index contributed by atoms with van der Waals surface area (Å²) in [4.78, 5) is 12.3. The van der Waals surface area contributed by atoms with Gasteiger partial charge in [-0.2, -0.15) is 0 Å². The highest BCUT2D eigenvalue weighted by atomic mass is 35.5. The molecule has 3 unspecified atom stereocenters. The summed E-state index contributed by atoms with van der Waals surface area (Å²) in [6.45, 7) is 0.739. The number of amides is 1. The van der Waals surface area contributed by atoms with E-state index in [1.54, 1.807) is 12.1 Å². The molecule has 108 valence electrons. The number of hydrogen-bond acceptors (Lipinski definition) is 2. The normalized spacial score (nSPS) is 27.1. The number of carbonyl (C=O) groups is 1. The van der Waals surface area contributed by atoms with Crippen molar-refractivity contribution in [2.24, 2.45) is 17.8 Å². The fraction of sp³-hybridized carbons (Fsp3) is 0.533. The zero-order valence-electron chi connectivity index (χ0n) is 11.3. The summed E-state index contributed by atoms with van der Waals surface area (Å²) in [5.41, 5.74) is 0.437. The highest BCUT2D eigenvalue weighted by molar-refractivity contribution is 6.42. The van der Waals surface area contributed by atoms with Crippen LogP contribution in [-0.2, 0) is 0 Å². The highest BCUT2D eigenvalue weighted by Gasteiger charge is 2.47. The van der Waals surface area contributed by atoms with Gasteiger partial charge < -0.3 is 10.1 Å². The molecule has 2 fully saturated rings. The van der Waals surface area contributed by atoms with Gasteiger partial charge in [0.2, 0.25) is 0 Å². The van der Waals surface area contributed by atoms with Crippen molar-refractivity contribution in [3.63, 3.8) is 0 Å². The number of hydrogen-bond donors (Lipinski definition) is 1. The number of halogens is 2. The molecule has 1 aromatic rings. The Morgan fingerprint density at radius 2 is 2.10 bits per heavy atom. The maximum absolute atomic E-state index is 12.3. The maximum Gasteiger partial charge on any atom is 0.255 e. The van der Waals surface area contributed by atoms with E-state index in [4.69, 9.17) is 27.9 Å². The summed E-state index contributed by atoms with van der Waals surface area (Å²) in [7, 11) is 1.52. The third-order valence-corrected chi connectivity index (χ3v) is 5.23. The number of methoxy groups -OCH3 is 1. The predicted molar refractivity (Wildman–Crippen MR) is 79.7 cm³/mol. The molecule has 20 heavy (non-hydrogen) atoms. The predicted octanol–water partition coefficient (Wildman–Crippen LogP) is 3.78. The lowest BCUT2D eigenvalue weighted by Gasteiger charge is -2.14. The van der Waals surface area contributed by atoms with Crippen LogP contribution in [0.2, 0.25) is 10.0 Å². The molecule has 1 aromatic carbocycles. The van der Waals surface area contributed by atoms with E-state index < -0.39 is 0 Å². The second-order valence-corrected chi connectivity index (χ2v) is 6.49. The maximum atomic E-state index is 12.3. The molecule has 3 atom stereocenters. The fourth-order valence-electron chi connectivity index (χ4n) is 3.27. The van der Waals surface area contributed by atoms with Gasteiger partial charge in [-0.1, -0.05) is 23.2 Å². The number of benzene rings is 1. The zero-order valence-corrected chi connectivity index (χ0v) is 12.8. The fourth-order valence-corrected chi connectivity index (χ4v) is 3.59. The van der Waals surface area contributed by atoms with Crippen LogP contribution in [0.25, 0.3) is 0 Å². The van der Waals surface area contributed by atoms with E-state index in [1.165, 1.54) is 26.4 Å². The van der Waals surface area contributed by atoms with E-state index in [1.807, 2.05) is 0 Å². The first-order valence-corrected chi connectivity index (χ1v) is 7.67. The van der Waals surface area contributed by atoms with Crippen molar-refractivity contribution in [3.05, 3.63) is 27.7 Å². The average Bonchev–Trinajstić information content (AvgIpc) is 3.12. The third kappa shape index (κ3) is 2.61. The van der Waals surface area contributed by atoms with Gasteiger partial charge in [-0.15, -0.1) is 0 Å². The molecular weight excluding hydrogens is 297 g/mol. The number of rotatable bonds is 4. The van der Waals surface area contributed by atoms with E-state index >= 15 is 0 Å². The lowest BCUT2D eigenvalue weighted by atomic mass is 10.0. The van der Waals surface area contributed by atoms with Crippen LogP contribution in [0, 0.1) is 17.8 Å². The summed E-state index contributed by atoms with van der Waals surface area (Å²) >= 11 is 11.9. The van der Waals surface area contributed by atoms with Gasteiger partial charge in [-0.3, -0.25) is 4.79 Å². The van der Waals surface area contributed by atoms with Gasteiger partial charge in [0.1, 0.15) is 5.75 Å². The highest BCUT2D eigenvalue weighted by Crippen LogP contribution is 2.55. The summed E-state index contributed by atoms with van der Waals surface area (Å²) in [6.07, 6.45) is 3.89. The quantitative estimate of drug-likeness (QED) is 0.918. The van der Waals surface area contributed by atoms with Crippen LogP contribution < -0.4 is 10.1 Å². The van der Waals surface area contributed by atoms with Crippen LogP contribution in [-0.4, -0.2) is 19.6 Å². The molecule has 2 aliphatic carbocycles. The molecule has 3 rings (SSSR count). The van der Waals surface area contributed by atoms with E-state index in [0.717, 1.165) is 18.4 Å². The van der Waals surface area contributed by atoms with E-state index in [2.05, 4.69) is 5.32 Å². The van der Waals surface area contributed by atoms with Crippen LogP contribution in [0.3, 0.4) is 0 Å². The van der Waals surface area contributed by atoms with Crippen molar-refractivity contribution in [1.82, 2.24) is 5.32 Å². The summed E-state index contributed by atoms with van der Waals surface area (Å²) in [5.74, 6) is 2.71.